The van der Waals surface area contributed by atoms with Crippen LogP contribution in [-0.2, 0) is 14.3 Å². The van der Waals surface area contributed by atoms with Gasteiger partial charge in [-0.1, -0.05) is 0 Å². The van der Waals surface area contributed by atoms with E-state index in [-0.39, 0.29) is 17.8 Å². The lowest BCUT2D eigenvalue weighted by Gasteiger charge is -2.37. The number of carbonyl (C=O) groups is 2. The Bertz CT molecular complexity index is 364. The zero-order chi connectivity index (χ0) is 14.5. The van der Waals surface area contributed by atoms with Crippen LogP contribution in [-0.4, -0.2) is 60.1 Å². The second-order valence-electron chi connectivity index (χ2n) is 5.45. The maximum atomic E-state index is 12.7. The van der Waals surface area contributed by atoms with E-state index in [1.54, 1.807) is 23.6 Å². The minimum absolute atomic E-state index is 0.0475. The van der Waals surface area contributed by atoms with Crippen molar-refractivity contribution in [2.75, 3.05) is 31.2 Å². The van der Waals surface area contributed by atoms with Gasteiger partial charge in [-0.2, -0.15) is 11.8 Å². The molecule has 0 aromatic heterocycles. The topological polar surface area (TPSA) is 58.6 Å². The van der Waals surface area contributed by atoms with Crippen LogP contribution in [0.5, 0.6) is 0 Å². The zero-order valence-corrected chi connectivity index (χ0v) is 13.1. The molecule has 0 saturated carbocycles. The standard InChI is InChI=1S/C14H24N2O3S/c1-3-19-14(18)12-9-20-7-6-16(12)13(17)11-4-5-15-10(2)8-11/h10-12,15H,3-9H2,1-2H3. The van der Waals surface area contributed by atoms with Crippen LogP contribution in [0.2, 0.25) is 0 Å². The average Bonchev–Trinajstić information content (AvgIpc) is 2.47. The molecule has 2 rings (SSSR count). The van der Waals surface area contributed by atoms with Crippen molar-refractivity contribution in [2.45, 2.75) is 38.8 Å². The lowest BCUT2D eigenvalue weighted by atomic mass is 9.91. The van der Waals surface area contributed by atoms with Crippen molar-refractivity contribution < 1.29 is 14.3 Å². The van der Waals surface area contributed by atoms with E-state index in [1.807, 2.05) is 0 Å². The van der Waals surface area contributed by atoms with E-state index in [9.17, 15) is 9.59 Å². The summed E-state index contributed by atoms with van der Waals surface area (Å²) in [5, 5.41) is 3.36. The Balaban J connectivity index is 2.03. The molecule has 20 heavy (non-hydrogen) atoms. The van der Waals surface area contributed by atoms with Gasteiger partial charge in [-0.25, -0.2) is 4.79 Å². The Labute approximate surface area is 124 Å². The number of rotatable bonds is 3. The molecule has 2 aliphatic heterocycles. The van der Waals surface area contributed by atoms with Crippen LogP contribution >= 0.6 is 11.8 Å². The molecule has 0 aromatic carbocycles. The molecule has 0 spiro atoms. The molecule has 2 saturated heterocycles. The van der Waals surface area contributed by atoms with Gasteiger partial charge in [0.2, 0.25) is 5.91 Å². The monoisotopic (exact) mass is 300 g/mol. The van der Waals surface area contributed by atoms with E-state index in [4.69, 9.17) is 4.74 Å². The van der Waals surface area contributed by atoms with Crippen molar-refractivity contribution >= 4 is 23.6 Å². The van der Waals surface area contributed by atoms with Crippen LogP contribution in [0.1, 0.15) is 26.7 Å². The van der Waals surface area contributed by atoms with Gasteiger partial charge >= 0.3 is 5.97 Å². The minimum Gasteiger partial charge on any atom is -0.464 e. The third-order valence-electron chi connectivity index (χ3n) is 3.94. The molecule has 5 nitrogen and oxygen atoms in total. The second-order valence-corrected chi connectivity index (χ2v) is 6.60. The highest BCUT2D eigenvalue weighted by atomic mass is 32.2. The molecule has 114 valence electrons. The molecule has 0 radical (unpaired) electrons. The van der Waals surface area contributed by atoms with Gasteiger partial charge in [-0.15, -0.1) is 0 Å². The van der Waals surface area contributed by atoms with Crippen molar-refractivity contribution in [3.05, 3.63) is 0 Å². The molecule has 0 bridgehead atoms. The maximum Gasteiger partial charge on any atom is 0.329 e. The van der Waals surface area contributed by atoms with Crippen LogP contribution in [0.3, 0.4) is 0 Å². The molecule has 3 unspecified atom stereocenters. The molecule has 2 fully saturated rings. The van der Waals surface area contributed by atoms with Crippen LogP contribution < -0.4 is 5.32 Å². The molecule has 2 aliphatic rings. The van der Waals surface area contributed by atoms with Gasteiger partial charge in [-0.3, -0.25) is 4.79 Å². The number of ether oxygens (including phenoxy) is 1. The summed E-state index contributed by atoms with van der Waals surface area (Å²) in [5.74, 6) is 1.49. The number of hydrogen-bond donors (Lipinski definition) is 1. The fourth-order valence-corrected chi connectivity index (χ4v) is 3.92. The lowest BCUT2D eigenvalue weighted by molar-refractivity contribution is -0.155. The molecular weight excluding hydrogens is 276 g/mol. The number of amides is 1. The summed E-state index contributed by atoms with van der Waals surface area (Å²) in [6.07, 6.45) is 1.72. The first-order chi connectivity index (χ1) is 9.63. The normalized spacial score (nSPS) is 30.9. The molecule has 2 heterocycles. The van der Waals surface area contributed by atoms with Gasteiger partial charge in [0.25, 0.3) is 0 Å². The number of esters is 1. The number of nitrogens with zero attached hydrogens (tertiary/aromatic N) is 1. The van der Waals surface area contributed by atoms with E-state index >= 15 is 0 Å². The SMILES string of the molecule is CCOC(=O)C1CSCCN1C(=O)C1CCNC(C)C1. The second kappa shape index (κ2) is 7.31. The Morgan fingerprint density at radius 2 is 2.25 bits per heavy atom. The zero-order valence-electron chi connectivity index (χ0n) is 12.3. The van der Waals surface area contributed by atoms with E-state index in [0.29, 0.717) is 24.9 Å². The van der Waals surface area contributed by atoms with Gasteiger partial charge < -0.3 is 15.0 Å². The predicted octanol–water partition coefficient (Wildman–Crippen LogP) is 0.882. The quantitative estimate of drug-likeness (QED) is 0.784. The van der Waals surface area contributed by atoms with Crippen LogP contribution in [0.4, 0.5) is 0 Å². The third kappa shape index (κ3) is 3.67. The molecule has 1 N–H and O–H groups in total. The van der Waals surface area contributed by atoms with Crippen molar-refractivity contribution in [3.63, 3.8) is 0 Å². The summed E-state index contributed by atoms with van der Waals surface area (Å²) in [6.45, 7) is 5.81. The molecule has 6 heteroatoms. The number of hydrogen-bond acceptors (Lipinski definition) is 5. The van der Waals surface area contributed by atoms with E-state index in [0.717, 1.165) is 25.1 Å². The Hall–Kier alpha value is -0.750. The average molecular weight is 300 g/mol. The van der Waals surface area contributed by atoms with E-state index < -0.39 is 6.04 Å². The van der Waals surface area contributed by atoms with Gasteiger partial charge in [0.15, 0.2) is 0 Å². The molecule has 1 amide bonds. The summed E-state index contributed by atoms with van der Waals surface area (Å²) in [6, 6.07) is -0.0238. The number of thioether (sulfide) groups is 1. The Morgan fingerprint density at radius 1 is 1.45 bits per heavy atom. The van der Waals surface area contributed by atoms with Crippen molar-refractivity contribution in [1.29, 1.82) is 0 Å². The van der Waals surface area contributed by atoms with Gasteiger partial charge in [0.1, 0.15) is 6.04 Å². The smallest absolute Gasteiger partial charge is 0.329 e. The minimum atomic E-state index is -0.397. The first-order valence-electron chi connectivity index (χ1n) is 7.41. The van der Waals surface area contributed by atoms with Crippen LogP contribution in [0, 0.1) is 5.92 Å². The summed E-state index contributed by atoms with van der Waals surface area (Å²) in [4.78, 5) is 26.5. The van der Waals surface area contributed by atoms with Crippen molar-refractivity contribution in [2.24, 2.45) is 5.92 Å². The van der Waals surface area contributed by atoms with Gasteiger partial charge in [0, 0.05) is 30.0 Å². The molecule has 0 aliphatic carbocycles. The highest BCUT2D eigenvalue weighted by Crippen LogP contribution is 2.24. The van der Waals surface area contributed by atoms with Gasteiger partial charge in [-0.05, 0) is 33.2 Å². The summed E-state index contributed by atoms with van der Waals surface area (Å²) < 4.78 is 5.11. The highest BCUT2D eigenvalue weighted by Gasteiger charge is 2.37. The lowest BCUT2D eigenvalue weighted by Crippen LogP contribution is -2.54. The number of carbonyl (C=O) groups excluding carboxylic acids is 2. The Morgan fingerprint density at radius 3 is 2.95 bits per heavy atom. The molecule has 0 aromatic rings. The maximum absolute atomic E-state index is 12.7. The summed E-state index contributed by atoms with van der Waals surface area (Å²) >= 11 is 1.72. The summed E-state index contributed by atoms with van der Waals surface area (Å²) in [5.41, 5.74) is 0. The van der Waals surface area contributed by atoms with Crippen LogP contribution in [0.15, 0.2) is 0 Å². The third-order valence-corrected chi connectivity index (χ3v) is 4.97. The fraction of sp³-hybridized carbons (Fsp3) is 0.857. The molecular formula is C14H24N2O3S. The largest absolute Gasteiger partial charge is 0.464 e. The van der Waals surface area contributed by atoms with Crippen molar-refractivity contribution in [1.82, 2.24) is 10.2 Å². The Kier molecular flexibility index (Phi) is 5.72. The number of nitrogens with one attached hydrogen (secondary N) is 1. The fourth-order valence-electron chi connectivity index (χ4n) is 2.89. The highest BCUT2D eigenvalue weighted by molar-refractivity contribution is 7.99. The number of piperidine rings is 1. The van der Waals surface area contributed by atoms with E-state index in [1.165, 1.54) is 0 Å². The first kappa shape index (κ1) is 15.6. The first-order valence-corrected chi connectivity index (χ1v) is 8.57. The van der Waals surface area contributed by atoms with Crippen LogP contribution in [0.25, 0.3) is 0 Å². The van der Waals surface area contributed by atoms with E-state index in [2.05, 4.69) is 12.2 Å². The van der Waals surface area contributed by atoms with Crippen molar-refractivity contribution in [3.8, 4) is 0 Å². The predicted molar refractivity (Wildman–Crippen MR) is 79.6 cm³/mol. The summed E-state index contributed by atoms with van der Waals surface area (Å²) in [7, 11) is 0. The molecule has 3 atom stereocenters. The van der Waals surface area contributed by atoms with Gasteiger partial charge in [0.05, 0.1) is 6.61 Å².